The largest absolute Gasteiger partial charge is 0.478 e. The average molecular weight is 253 g/mol. The predicted octanol–water partition coefficient (Wildman–Crippen LogP) is 2.28. The summed E-state index contributed by atoms with van der Waals surface area (Å²) in [5.74, 6) is -0.656. The second kappa shape index (κ2) is 7.66. The monoisotopic (exact) mass is 253 g/mol. The van der Waals surface area contributed by atoms with Gasteiger partial charge in [-0.25, -0.2) is 9.78 Å². The third kappa shape index (κ3) is 5.14. The van der Waals surface area contributed by atoms with E-state index in [9.17, 15) is 4.79 Å². The number of carboxylic acid groups (broad SMARTS) is 1. The molecule has 0 saturated heterocycles. The molecule has 0 radical (unpaired) electrons. The molecule has 18 heavy (non-hydrogen) atoms. The number of carboxylic acids is 1. The van der Waals surface area contributed by atoms with Gasteiger partial charge in [0.1, 0.15) is 6.61 Å². The molecule has 1 aromatic rings. The first-order valence-electron chi connectivity index (χ1n) is 6.06. The van der Waals surface area contributed by atoms with Crippen LogP contribution in [0.2, 0.25) is 0 Å². The van der Waals surface area contributed by atoms with Gasteiger partial charge in [-0.15, -0.1) is 0 Å². The summed E-state index contributed by atoms with van der Waals surface area (Å²) in [7, 11) is 0. The Bertz CT molecular complexity index is 393. The van der Waals surface area contributed by atoms with E-state index < -0.39 is 5.97 Å². The lowest BCUT2D eigenvalue weighted by Gasteiger charge is -2.07. The summed E-state index contributed by atoms with van der Waals surface area (Å²) in [6, 6.07) is 2.92. The summed E-state index contributed by atoms with van der Waals surface area (Å²) >= 11 is 0. The lowest BCUT2D eigenvalue weighted by atomic mass is 10.2. The number of carbonyl (C=O) groups is 1. The van der Waals surface area contributed by atoms with Gasteiger partial charge in [-0.05, 0) is 19.4 Å². The maximum atomic E-state index is 10.8. The molecule has 0 fully saturated rings. The minimum atomic E-state index is -0.982. The van der Waals surface area contributed by atoms with E-state index in [1.54, 1.807) is 6.92 Å². The van der Waals surface area contributed by atoms with Crippen molar-refractivity contribution < 1.29 is 19.4 Å². The van der Waals surface area contributed by atoms with Gasteiger partial charge in [-0.1, -0.05) is 13.3 Å². The van der Waals surface area contributed by atoms with Gasteiger partial charge < -0.3 is 14.6 Å². The van der Waals surface area contributed by atoms with Crippen molar-refractivity contribution in [2.24, 2.45) is 0 Å². The number of unbranched alkanes of at least 4 members (excludes halogenated alkanes) is 1. The third-order valence-electron chi connectivity index (χ3n) is 2.30. The zero-order valence-corrected chi connectivity index (χ0v) is 10.8. The normalized spacial score (nSPS) is 10.3. The SMILES string of the molecule is CCCCOCCOc1cc(C(=O)O)cc(C)n1. The lowest BCUT2D eigenvalue weighted by molar-refractivity contribution is 0.0695. The van der Waals surface area contributed by atoms with Crippen LogP contribution >= 0.6 is 0 Å². The van der Waals surface area contributed by atoms with E-state index >= 15 is 0 Å². The van der Waals surface area contributed by atoms with Gasteiger partial charge in [0, 0.05) is 18.4 Å². The van der Waals surface area contributed by atoms with E-state index in [0.29, 0.717) is 24.8 Å². The summed E-state index contributed by atoms with van der Waals surface area (Å²) in [6.45, 7) is 5.42. The Morgan fingerprint density at radius 1 is 1.33 bits per heavy atom. The average Bonchev–Trinajstić information content (AvgIpc) is 2.33. The molecule has 0 spiro atoms. The van der Waals surface area contributed by atoms with Gasteiger partial charge in [0.25, 0.3) is 0 Å². The summed E-state index contributed by atoms with van der Waals surface area (Å²) < 4.78 is 10.7. The number of ether oxygens (including phenoxy) is 2. The standard InChI is InChI=1S/C13H19NO4/c1-3-4-5-17-6-7-18-12-9-11(13(15)16)8-10(2)14-12/h8-9H,3-7H2,1-2H3,(H,15,16). The van der Waals surface area contributed by atoms with Crippen LogP contribution < -0.4 is 4.74 Å². The van der Waals surface area contributed by atoms with Crippen LogP contribution in [-0.2, 0) is 4.74 Å². The smallest absolute Gasteiger partial charge is 0.335 e. The second-order valence-corrected chi connectivity index (χ2v) is 3.95. The van der Waals surface area contributed by atoms with E-state index in [0.717, 1.165) is 19.4 Å². The van der Waals surface area contributed by atoms with Gasteiger partial charge in [-0.2, -0.15) is 0 Å². The van der Waals surface area contributed by atoms with E-state index in [1.807, 2.05) is 0 Å². The molecule has 0 aliphatic heterocycles. The van der Waals surface area contributed by atoms with Crippen LogP contribution in [0.15, 0.2) is 12.1 Å². The molecule has 0 bridgehead atoms. The zero-order chi connectivity index (χ0) is 13.4. The van der Waals surface area contributed by atoms with Crippen molar-refractivity contribution in [1.82, 2.24) is 4.98 Å². The number of pyridine rings is 1. The van der Waals surface area contributed by atoms with Crippen LogP contribution in [0.3, 0.4) is 0 Å². The van der Waals surface area contributed by atoms with Crippen LogP contribution in [0, 0.1) is 6.92 Å². The van der Waals surface area contributed by atoms with Crippen LogP contribution in [0.1, 0.15) is 35.8 Å². The predicted molar refractivity (Wildman–Crippen MR) is 67.2 cm³/mol. The highest BCUT2D eigenvalue weighted by Crippen LogP contribution is 2.12. The Morgan fingerprint density at radius 2 is 2.11 bits per heavy atom. The van der Waals surface area contributed by atoms with E-state index in [2.05, 4.69) is 11.9 Å². The molecule has 0 aliphatic rings. The molecule has 0 amide bonds. The van der Waals surface area contributed by atoms with E-state index in [1.165, 1.54) is 12.1 Å². The molecule has 0 unspecified atom stereocenters. The van der Waals surface area contributed by atoms with Crippen LogP contribution in [0.4, 0.5) is 0 Å². The van der Waals surface area contributed by atoms with Gasteiger partial charge in [0.2, 0.25) is 5.88 Å². The second-order valence-electron chi connectivity index (χ2n) is 3.95. The van der Waals surface area contributed by atoms with Crippen molar-refractivity contribution in [3.05, 3.63) is 23.4 Å². The van der Waals surface area contributed by atoms with Crippen LogP contribution in [0.25, 0.3) is 0 Å². The summed E-state index contributed by atoms with van der Waals surface area (Å²) in [5.41, 5.74) is 0.807. The Balaban J connectivity index is 2.40. The van der Waals surface area contributed by atoms with Crippen molar-refractivity contribution in [1.29, 1.82) is 0 Å². The fraction of sp³-hybridized carbons (Fsp3) is 0.538. The number of rotatable bonds is 8. The van der Waals surface area contributed by atoms with E-state index in [-0.39, 0.29) is 5.56 Å². The Morgan fingerprint density at radius 3 is 2.78 bits per heavy atom. The first-order valence-corrected chi connectivity index (χ1v) is 6.06. The topological polar surface area (TPSA) is 68.7 Å². The van der Waals surface area contributed by atoms with Crippen molar-refractivity contribution in [2.45, 2.75) is 26.7 Å². The highest BCUT2D eigenvalue weighted by atomic mass is 16.5. The molecule has 5 nitrogen and oxygen atoms in total. The Hall–Kier alpha value is -1.62. The highest BCUT2D eigenvalue weighted by Gasteiger charge is 2.07. The molecule has 0 aliphatic carbocycles. The van der Waals surface area contributed by atoms with E-state index in [4.69, 9.17) is 14.6 Å². The number of hydrogen-bond acceptors (Lipinski definition) is 4. The first kappa shape index (κ1) is 14.4. The van der Waals surface area contributed by atoms with Gasteiger partial charge in [0.05, 0.1) is 12.2 Å². The molecular formula is C13H19NO4. The molecule has 0 atom stereocenters. The molecule has 1 N–H and O–H groups in total. The summed E-state index contributed by atoms with van der Waals surface area (Å²) in [5, 5.41) is 8.89. The van der Waals surface area contributed by atoms with Crippen molar-refractivity contribution in [2.75, 3.05) is 19.8 Å². The summed E-state index contributed by atoms with van der Waals surface area (Å²) in [4.78, 5) is 15.0. The Labute approximate surface area is 107 Å². The maximum Gasteiger partial charge on any atom is 0.335 e. The minimum Gasteiger partial charge on any atom is -0.478 e. The Kier molecular flexibility index (Phi) is 6.14. The van der Waals surface area contributed by atoms with Crippen molar-refractivity contribution in [3.63, 3.8) is 0 Å². The number of aromatic carboxylic acids is 1. The molecule has 0 saturated carbocycles. The minimum absolute atomic E-state index is 0.185. The molecular weight excluding hydrogens is 234 g/mol. The highest BCUT2D eigenvalue weighted by molar-refractivity contribution is 5.87. The fourth-order valence-corrected chi connectivity index (χ4v) is 1.39. The maximum absolute atomic E-state index is 10.8. The lowest BCUT2D eigenvalue weighted by Crippen LogP contribution is -2.09. The number of aryl methyl sites for hydroxylation is 1. The number of hydrogen-bond donors (Lipinski definition) is 1. The van der Waals surface area contributed by atoms with Gasteiger partial charge in [0.15, 0.2) is 0 Å². The van der Waals surface area contributed by atoms with Gasteiger partial charge >= 0.3 is 5.97 Å². The molecule has 1 rings (SSSR count). The van der Waals surface area contributed by atoms with Crippen molar-refractivity contribution in [3.8, 4) is 5.88 Å². The quantitative estimate of drug-likeness (QED) is 0.720. The summed E-state index contributed by atoms with van der Waals surface area (Å²) in [6.07, 6.45) is 2.13. The number of aromatic nitrogens is 1. The molecule has 1 heterocycles. The van der Waals surface area contributed by atoms with Crippen LogP contribution in [0.5, 0.6) is 5.88 Å². The number of nitrogens with zero attached hydrogens (tertiary/aromatic N) is 1. The zero-order valence-electron chi connectivity index (χ0n) is 10.8. The first-order chi connectivity index (χ1) is 8.63. The van der Waals surface area contributed by atoms with Crippen molar-refractivity contribution >= 4 is 5.97 Å². The van der Waals surface area contributed by atoms with Crippen LogP contribution in [-0.4, -0.2) is 35.9 Å². The molecule has 100 valence electrons. The molecule has 0 aromatic carbocycles. The van der Waals surface area contributed by atoms with Gasteiger partial charge in [-0.3, -0.25) is 0 Å². The molecule has 1 aromatic heterocycles. The third-order valence-corrected chi connectivity index (χ3v) is 2.30. The fourth-order valence-electron chi connectivity index (χ4n) is 1.39. The molecule has 5 heteroatoms.